The molecule has 5 rings (SSSR count). The Labute approximate surface area is 151 Å². The van der Waals surface area contributed by atoms with Crippen LogP contribution in [0.1, 0.15) is 12.5 Å². The molecule has 0 N–H and O–H groups in total. The van der Waals surface area contributed by atoms with Crippen LogP contribution in [0.3, 0.4) is 0 Å². The number of anilines is 3. The van der Waals surface area contributed by atoms with Gasteiger partial charge in [-0.2, -0.15) is 0 Å². The minimum absolute atomic E-state index is 0.304. The van der Waals surface area contributed by atoms with E-state index in [2.05, 4.69) is 91.4 Å². The topological polar surface area (TPSA) is 6.48 Å². The molecular formula is C22H20N2S. The van der Waals surface area contributed by atoms with Crippen molar-refractivity contribution in [3.63, 3.8) is 0 Å². The summed E-state index contributed by atoms with van der Waals surface area (Å²) < 4.78 is 2.73. The van der Waals surface area contributed by atoms with E-state index in [4.69, 9.17) is 0 Å². The van der Waals surface area contributed by atoms with Gasteiger partial charge in [0, 0.05) is 32.9 Å². The normalized spacial score (nSPS) is 16.8. The SMILES string of the molecule is Cc1cc2sc3ccccc3c2cc1N1c2ccccc2N(C)C1C. The van der Waals surface area contributed by atoms with Crippen LogP contribution in [0.15, 0.2) is 60.7 Å². The third kappa shape index (κ3) is 2.02. The third-order valence-corrected chi connectivity index (χ3v) is 6.54. The molecule has 0 spiro atoms. The van der Waals surface area contributed by atoms with Gasteiger partial charge in [-0.25, -0.2) is 0 Å². The number of benzene rings is 3. The van der Waals surface area contributed by atoms with Crippen molar-refractivity contribution in [1.29, 1.82) is 0 Å². The number of thiophene rings is 1. The number of aryl methyl sites for hydroxylation is 1. The van der Waals surface area contributed by atoms with E-state index in [-0.39, 0.29) is 0 Å². The van der Waals surface area contributed by atoms with E-state index in [1.807, 2.05) is 11.3 Å². The fourth-order valence-electron chi connectivity index (χ4n) is 3.99. The summed E-state index contributed by atoms with van der Waals surface area (Å²) in [4.78, 5) is 4.82. The predicted molar refractivity (Wildman–Crippen MR) is 111 cm³/mol. The Kier molecular flexibility index (Phi) is 3.10. The van der Waals surface area contributed by atoms with Crippen LogP contribution in [0.2, 0.25) is 0 Å². The summed E-state index contributed by atoms with van der Waals surface area (Å²) in [7, 11) is 2.18. The molecule has 2 heterocycles. The van der Waals surface area contributed by atoms with Crippen LogP contribution in [0.25, 0.3) is 20.2 Å². The monoisotopic (exact) mass is 344 g/mol. The lowest BCUT2D eigenvalue weighted by molar-refractivity contribution is 0.733. The summed E-state index contributed by atoms with van der Waals surface area (Å²) in [6.45, 7) is 4.50. The maximum Gasteiger partial charge on any atom is 0.103 e. The van der Waals surface area contributed by atoms with Gasteiger partial charge in [0.15, 0.2) is 0 Å². The molecule has 2 nitrogen and oxygen atoms in total. The maximum atomic E-state index is 2.47. The molecule has 0 radical (unpaired) electrons. The first-order valence-electron chi connectivity index (χ1n) is 8.68. The molecular weight excluding hydrogens is 324 g/mol. The highest BCUT2D eigenvalue weighted by Crippen LogP contribution is 2.46. The van der Waals surface area contributed by atoms with E-state index in [0.29, 0.717) is 6.17 Å². The third-order valence-electron chi connectivity index (χ3n) is 5.41. The molecule has 124 valence electrons. The van der Waals surface area contributed by atoms with E-state index in [0.717, 1.165) is 0 Å². The van der Waals surface area contributed by atoms with Crippen LogP contribution in [0.4, 0.5) is 17.1 Å². The molecule has 0 saturated heterocycles. The summed E-state index contributed by atoms with van der Waals surface area (Å²) in [5, 5.41) is 2.72. The van der Waals surface area contributed by atoms with Gasteiger partial charge in [0.2, 0.25) is 0 Å². The molecule has 1 atom stereocenters. The van der Waals surface area contributed by atoms with Gasteiger partial charge >= 0.3 is 0 Å². The number of nitrogens with zero attached hydrogens (tertiary/aromatic N) is 2. The highest BCUT2D eigenvalue weighted by molar-refractivity contribution is 7.25. The lowest BCUT2D eigenvalue weighted by Crippen LogP contribution is -2.35. The number of hydrogen-bond acceptors (Lipinski definition) is 3. The highest BCUT2D eigenvalue weighted by Gasteiger charge is 2.32. The van der Waals surface area contributed by atoms with Gasteiger partial charge in [0.1, 0.15) is 6.17 Å². The van der Waals surface area contributed by atoms with Crippen molar-refractivity contribution in [2.45, 2.75) is 20.0 Å². The van der Waals surface area contributed by atoms with Gasteiger partial charge in [0.25, 0.3) is 0 Å². The number of fused-ring (bicyclic) bond motifs is 4. The second kappa shape index (κ2) is 5.24. The summed E-state index contributed by atoms with van der Waals surface area (Å²) in [5.41, 5.74) is 5.22. The molecule has 0 saturated carbocycles. The zero-order chi connectivity index (χ0) is 17.1. The Morgan fingerprint density at radius 3 is 2.36 bits per heavy atom. The maximum absolute atomic E-state index is 2.47. The Morgan fingerprint density at radius 2 is 1.52 bits per heavy atom. The van der Waals surface area contributed by atoms with Gasteiger partial charge in [0.05, 0.1) is 11.4 Å². The minimum atomic E-state index is 0.304. The van der Waals surface area contributed by atoms with Crippen LogP contribution in [-0.4, -0.2) is 13.2 Å². The second-order valence-corrected chi connectivity index (χ2v) is 7.92. The molecule has 1 aliphatic rings. The standard InChI is InChI=1S/C22H20N2S/c1-14-12-22-17(16-8-4-7-11-21(16)25-22)13-20(14)24-15(2)23(3)18-9-5-6-10-19(18)24/h4-13,15H,1-3H3. The molecule has 4 aromatic rings. The van der Waals surface area contributed by atoms with Crippen LogP contribution in [0.5, 0.6) is 0 Å². The average Bonchev–Trinajstić information content (AvgIpc) is 3.10. The van der Waals surface area contributed by atoms with Gasteiger partial charge in [-0.1, -0.05) is 30.3 Å². The zero-order valence-corrected chi connectivity index (χ0v) is 15.5. The molecule has 25 heavy (non-hydrogen) atoms. The predicted octanol–water partition coefficient (Wildman–Crippen LogP) is 6.30. The van der Waals surface area contributed by atoms with Crippen LogP contribution >= 0.6 is 11.3 Å². The molecule has 3 aromatic carbocycles. The summed E-state index contributed by atoms with van der Waals surface area (Å²) in [6, 6.07) is 22.1. The molecule has 0 amide bonds. The first kappa shape index (κ1) is 14.8. The fraction of sp³-hybridized carbons (Fsp3) is 0.182. The highest BCUT2D eigenvalue weighted by atomic mass is 32.1. The molecule has 0 bridgehead atoms. The van der Waals surface area contributed by atoms with Crippen molar-refractivity contribution in [3.05, 3.63) is 66.2 Å². The van der Waals surface area contributed by atoms with Crippen LogP contribution < -0.4 is 9.80 Å². The van der Waals surface area contributed by atoms with Gasteiger partial charge in [-0.3, -0.25) is 0 Å². The van der Waals surface area contributed by atoms with Crippen molar-refractivity contribution in [2.75, 3.05) is 16.8 Å². The summed E-state index contributed by atoms with van der Waals surface area (Å²) in [6.07, 6.45) is 0.304. The Hall–Kier alpha value is -2.52. The van der Waals surface area contributed by atoms with Crippen molar-refractivity contribution in [3.8, 4) is 0 Å². The second-order valence-electron chi connectivity index (χ2n) is 6.83. The first-order chi connectivity index (χ1) is 12.1. The fourth-order valence-corrected chi connectivity index (χ4v) is 5.18. The molecule has 1 unspecified atom stereocenters. The molecule has 1 aliphatic heterocycles. The van der Waals surface area contributed by atoms with E-state index in [1.54, 1.807) is 0 Å². The van der Waals surface area contributed by atoms with Crippen LogP contribution in [0, 0.1) is 6.92 Å². The lowest BCUT2D eigenvalue weighted by Gasteiger charge is -2.29. The molecule has 0 fully saturated rings. The molecule has 0 aliphatic carbocycles. The van der Waals surface area contributed by atoms with Crippen molar-refractivity contribution in [1.82, 2.24) is 0 Å². The van der Waals surface area contributed by atoms with Crippen molar-refractivity contribution in [2.24, 2.45) is 0 Å². The minimum Gasteiger partial charge on any atom is -0.353 e. The van der Waals surface area contributed by atoms with Crippen molar-refractivity contribution >= 4 is 48.6 Å². The molecule has 1 aromatic heterocycles. The van der Waals surface area contributed by atoms with E-state index >= 15 is 0 Å². The lowest BCUT2D eigenvalue weighted by atomic mass is 10.1. The average molecular weight is 344 g/mol. The van der Waals surface area contributed by atoms with E-state index in [1.165, 1.54) is 42.8 Å². The van der Waals surface area contributed by atoms with E-state index < -0.39 is 0 Å². The largest absolute Gasteiger partial charge is 0.353 e. The van der Waals surface area contributed by atoms with Crippen LogP contribution in [-0.2, 0) is 0 Å². The summed E-state index contributed by atoms with van der Waals surface area (Å²) in [5.74, 6) is 0. The zero-order valence-electron chi connectivity index (χ0n) is 14.7. The first-order valence-corrected chi connectivity index (χ1v) is 9.50. The Balaban J connectivity index is 1.78. The van der Waals surface area contributed by atoms with E-state index in [9.17, 15) is 0 Å². The number of para-hydroxylation sites is 2. The van der Waals surface area contributed by atoms with Crippen molar-refractivity contribution < 1.29 is 0 Å². The quantitative estimate of drug-likeness (QED) is 0.400. The van der Waals surface area contributed by atoms with Gasteiger partial charge in [-0.15, -0.1) is 11.3 Å². The molecule has 3 heteroatoms. The smallest absolute Gasteiger partial charge is 0.103 e. The Bertz CT molecular complexity index is 1110. The summed E-state index contributed by atoms with van der Waals surface area (Å²) >= 11 is 1.89. The van der Waals surface area contributed by atoms with Gasteiger partial charge < -0.3 is 9.80 Å². The Morgan fingerprint density at radius 1 is 0.800 bits per heavy atom. The number of rotatable bonds is 1. The number of hydrogen-bond donors (Lipinski definition) is 0. The van der Waals surface area contributed by atoms with Gasteiger partial charge in [-0.05, 0) is 49.7 Å².